The molecule has 0 bridgehead atoms. The minimum atomic E-state index is -0.709. The van der Waals surface area contributed by atoms with Crippen LogP contribution in [0.5, 0.6) is 0 Å². The lowest BCUT2D eigenvalue weighted by atomic mass is 10.2. The first-order valence-electron chi connectivity index (χ1n) is 3.89. The second kappa shape index (κ2) is 3.06. The Morgan fingerprint density at radius 1 is 1.29 bits per heavy atom. The van der Waals surface area contributed by atoms with E-state index < -0.39 is 11.4 Å². The van der Waals surface area contributed by atoms with E-state index in [4.69, 9.17) is 4.42 Å². The second-order valence-electron chi connectivity index (χ2n) is 2.79. The van der Waals surface area contributed by atoms with Crippen molar-refractivity contribution in [2.45, 2.75) is 0 Å². The van der Waals surface area contributed by atoms with Crippen molar-refractivity contribution in [3.05, 3.63) is 46.1 Å². The number of fused-ring (bicyclic) bond motifs is 1. The highest BCUT2D eigenvalue weighted by Gasteiger charge is 2.04. The molecule has 0 N–H and O–H groups in total. The van der Waals surface area contributed by atoms with Gasteiger partial charge in [0.2, 0.25) is 0 Å². The van der Waals surface area contributed by atoms with Gasteiger partial charge in [0.05, 0.1) is 0 Å². The molecule has 3 nitrogen and oxygen atoms in total. The van der Waals surface area contributed by atoms with Crippen LogP contribution < -0.4 is 5.63 Å². The lowest BCUT2D eigenvalue weighted by Gasteiger charge is -1.96. The standard InChI is InChI=1S/C10H5FO3/c11-8-1-2-9-6(4-8)3-7(5-12)10(13)14-9/h1-5H. The second-order valence-corrected chi connectivity index (χ2v) is 2.79. The van der Waals surface area contributed by atoms with Gasteiger partial charge in [-0.3, -0.25) is 4.79 Å². The van der Waals surface area contributed by atoms with Crippen LogP contribution in [0.25, 0.3) is 11.0 Å². The fraction of sp³-hybridized carbons (Fsp3) is 0. The van der Waals surface area contributed by atoms with E-state index in [1.807, 2.05) is 0 Å². The van der Waals surface area contributed by atoms with Gasteiger partial charge >= 0.3 is 5.63 Å². The number of halogens is 1. The van der Waals surface area contributed by atoms with Crippen LogP contribution in [0, 0.1) is 5.82 Å². The van der Waals surface area contributed by atoms with Crippen molar-refractivity contribution in [1.29, 1.82) is 0 Å². The van der Waals surface area contributed by atoms with E-state index in [9.17, 15) is 14.0 Å². The number of hydrogen-bond acceptors (Lipinski definition) is 3. The van der Waals surface area contributed by atoms with Crippen molar-refractivity contribution in [1.82, 2.24) is 0 Å². The van der Waals surface area contributed by atoms with Crippen molar-refractivity contribution in [3.8, 4) is 0 Å². The zero-order valence-corrected chi connectivity index (χ0v) is 6.99. The van der Waals surface area contributed by atoms with Gasteiger partial charge in [-0.25, -0.2) is 9.18 Å². The third-order valence-corrected chi connectivity index (χ3v) is 1.85. The first-order chi connectivity index (χ1) is 6.70. The molecule has 0 aliphatic rings. The molecule has 1 heterocycles. The summed E-state index contributed by atoms with van der Waals surface area (Å²) < 4.78 is 17.5. The van der Waals surface area contributed by atoms with Crippen molar-refractivity contribution in [3.63, 3.8) is 0 Å². The molecule has 0 radical (unpaired) electrons. The summed E-state index contributed by atoms with van der Waals surface area (Å²) in [5.74, 6) is -0.441. The first-order valence-corrected chi connectivity index (χ1v) is 3.89. The third kappa shape index (κ3) is 1.31. The summed E-state index contributed by atoms with van der Waals surface area (Å²) in [4.78, 5) is 21.5. The Hall–Kier alpha value is -1.97. The van der Waals surface area contributed by atoms with Crippen molar-refractivity contribution >= 4 is 17.3 Å². The molecule has 4 heteroatoms. The topological polar surface area (TPSA) is 47.3 Å². The molecular formula is C10H5FO3. The Balaban J connectivity index is 2.86. The van der Waals surface area contributed by atoms with Crippen molar-refractivity contribution in [2.24, 2.45) is 0 Å². The SMILES string of the molecule is O=Cc1cc2cc(F)ccc2oc1=O. The Kier molecular flexibility index (Phi) is 1.89. The molecule has 2 rings (SSSR count). The van der Waals surface area contributed by atoms with Gasteiger partial charge in [0.25, 0.3) is 0 Å². The van der Waals surface area contributed by atoms with Gasteiger partial charge in [-0.05, 0) is 24.3 Å². The maximum absolute atomic E-state index is 12.8. The zero-order valence-electron chi connectivity index (χ0n) is 6.99. The average molecular weight is 192 g/mol. The van der Waals surface area contributed by atoms with Crippen LogP contribution in [-0.4, -0.2) is 6.29 Å². The smallest absolute Gasteiger partial charge is 0.346 e. The maximum Gasteiger partial charge on any atom is 0.346 e. The van der Waals surface area contributed by atoms with Gasteiger partial charge in [0, 0.05) is 5.39 Å². The molecule has 0 amide bonds. The number of carbonyl (C=O) groups excluding carboxylic acids is 1. The van der Waals surface area contributed by atoms with Crippen LogP contribution >= 0.6 is 0 Å². The summed E-state index contributed by atoms with van der Waals surface area (Å²) >= 11 is 0. The van der Waals surface area contributed by atoms with Gasteiger partial charge in [-0.2, -0.15) is 0 Å². The average Bonchev–Trinajstić information content (AvgIpc) is 2.17. The highest BCUT2D eigenvalue weighted by Crippen LogP contribution is 2.13. The minimum Gasteiger partial charge on any atom is -0.422 e. The van der Waals surface area contributed by atoms with Gasteiger partial charge in [0.15, 0.2) is 6.29 Å². The fourth-order valence-electron chi connectivity index (χ4n) is 1.19. The molecule has 14 heavy (non-hydrogen) atoms. The Bertz CT molecular complexity index is 557. The molecule has 1 aromatic heterocycles. The minimum absolute atomic E-state index is 0.108. The van der Waals surface area contributed by atoms with Crippen molar-refractivity contribution in [2.75, 3.05) is 0 Å². The lowest BCUT2D eigenvalue weighted by Crippen LogP contribution is -2.05. The summed E-state index contributed by atoms with van der Waals surface area (Å²) in [5.41, 5.74) is -0.552. The predicted molar refractivity (Wildman–Crippen MR) is 47.8 cm³/mol. The van der Waals surface area contributed by atoms with E-state index in [0.717, 1.165) is 0 Å². The van der Waals surface area contributed by atoms with Crippen LogP contribution in [0.3, 0.4) is 0 Å². The van der Waals surface area contributed by atoms with Crippen molar-refractivity contribution < 1.29 is 13.6 Å². The maximum atomic E-state index is 12.8. The lowest BCUT2D eigenvalue weighted by molar-refractivity contribution is 0.112. The molecule has 70 valence electrons. The molecular weight excluding hydrogens is 187 g/mol. The molecule has 0 aliphatic carbocycles. The van der Waals surface area contributed by atoms with E-state index in [1.54, 1.807) is 0 Å². The number of carbonyl (C=O) groups is 1. The summed E-state index contributed by atoms with van der Waals surface area (Å²) in [7, 11) is 0. The third-order valence-electron chi connectivity index (χ3n) is 1.85. The molecule has 0 atom stereocenters. The molecule has 2 aromatic rings. The van der Waals surface area contributed by atoms with Gasteiger partial charge in [-0.1, -0.05) is 0 Å². The summed E-state index contributed by atoms with van der Waals surface area (Å²) in [6.45, 7) is 0. The highest BCUT2D eigenvalue weighted by atomic mass is 19.1. The molecule has 0 unspecified atom stereocenters. The zero-order chi connectivity index (χ0) is 10.1. The summed E-state index contributed by atoms with van der Waals surface area (Å²) in [6, 6.07) is 5.04. The molecule has 0 saturated heterocycles. The predicted octanol–water partition coefficient (Wildman–Crippen LogP) is 1.74. The highest BCUT2D eigenvalue weighted by molar-refractivity contribution is 5.84. The van der Waals surface area contributed by atoms with E-state index >= 15 is 0 Å². The number of benzene rings is 1. The van der Waals surface area contributed by atoms with Crippen LogP contribution in [0.15, 0.2) is 33.5 Å². The van der Waals surface area contributed by atoms with Crippen LogP contribution in [0.2, 0.25) is 0 Å². The van der Waals surface area contributed by atoms with Gasteiger partial charge < -0.3 is 4.42 Å². The number of hydrogen-bond donors (Lipinski definition) is 0. The van der Waals surface area contributed by atoms with Crippen LogP contribution in [0.4, 0.5) is 4.39 Å². The molecule has 0 saturated carbocycles. The van der Waals surface area contributed by atoms with E-state index in [2.05, 4.69) is 0 Å². The Morgan fingerprint density at radius 3 is 2.79 bits per heavy atom. The monoisotopic (exact) mass is 192 g/mol. The summed E-state index contributed by atoms with van der Waals surface area (Å²) in [6.07, 6.45) is 0.385. The fourth-order valence-corrected chi connectivity index (χ4v) is 1.19. The molecule has 0 spiro atoms. The normalized spacial score (nSPS) is 10.4. The summed E-state index contributed by atoms with van der Waals surface area (Å²) in [5, 5.41) is 0.395. The van der Waals surface area contributed by atoms with Crippen LogP contribution in [0.1, 0.15) is 10.4 Å². The van der Waals surface area contributed by atoms with Crippen LogP contribution in [-0.2, 0) is 0 Å². The van der Waals surface area contributed by atoms with Gasteiger partial charge in [0.1, 0.15) is 17.0 Å². The van der Waals surface area contributed by atoms with E-state index in [0.29, 0.717) is 11.7 Å². The number of aldehydes is 1. The van der Waals surface area contributed by atoms with Gasteiger partial charge in [-0.15, -0.1) is 0 Å². The molecule has 0 aliphatic heterocycles. The Labute approximate surface area is 77.8 Å². The van der Waals surface area contributed by atoms with E-state index in [1.165, 1.54) is 24.3 Å². The first kappa shape index (κ1) is 8.62. The van der Waals surface area contributed by atoms with E-state index in [-0.39, 0.29) is 11.1 Å². The Morgan fingerprint density at radius 2 is 2.07 bits per heavy atom. The number of rotatable bonds is 1. The molecule has 1 aromatic carbocycles. The molecule has 0 fully saturated rings. The largest absolute Gasteiger partial charge is 0.422 e. The quantitative estimate of drug-likeness (QED) is 0.510.